The Bertz CT molecular complexity index is 999. The molecule has 0 saturated heterocycles. The maximum absolute atomic E-state index is 14.1. The summed E-state index contributed by atoms with van der Waals surface area (Å²) in [6.07, 6.45) is 3.79. The Labute approximate surface area is 169 Å². The van der Waals surface area contributed by atoms with E-state index in [9.17, 15) is 28.6 Å². The number of halogens is 6. The van der Waals surface area contributed by atoms with Crippen LogP contribution >= 0.6 is 10.2 Å². The van der Waals surface area contributed by atoms with Gasteiger partial charge in [0, 0.05) is 11.8 Å². The van der Waals surface area contributed by atoms with Crippen LogP contribution in [-0.2, 0) is 4.79 Å². The predicted octanol–water partition coefficient (Wildman–Crippen LogP) is 7.48. The van der Waals surface area contributed by atoms with Gasteiger partial charge >= 0.3 is 10.2 Å². The number of ether oxygens (including phenoxy) is 1. The molecule has 1 N–H and O–H groups in total. The number of carbonyl (C=O) groups excluding carboxylic acids is 1. The first-order valence-electron chi connectivity index (χ1n) is 8.44. The van der Waals surface area contributed by atoms with Crippen LogP contribution in [0.1, 0.15) is 19.4 Å². The molecule has 2 aromatic rings. The van der Waals surface area contributed by atoms with Gasteiger partial charge in [-0.1, -0.05) is 32.1 Å². The van der Waals surface area contributed by atoms with Gasteiger partial charge < -0.3 is 10.1 Å². The topological polar surface area (TPSA) is 38.3 Å². The fourth-order valence-corrected chi connectivity index (χ4v) is 2.83. The molecule has 0 aliphatic rings. The van der Waals surface area contributed by atoms with Gasteiger partial charge in [0.2, 0.25) is 5.91 Å². The van der Waals surface area contributed by atoms with Crippen LogP contribution in [0.15, 0.2) is 66.1 Å². The van der Waals surface area contributed by atoms with Crippen molar-refractivity contribution >= 4 is 27.9 Å². The summed E-state index contributed by atoms with van der Waals surface area (Å²) >= 11 is 0. The molecule has 0 radical (unpaired) electrons. The van der Waals surface area contributed by atoms with E-state index < -0.39 is 32.4 Å². The van der Waals surface area contributed by atoms with Crippen LogP contribution in [0.25, 0.3) is 6.08 Å². The van der Waals surface area contributed by atoms with Gasteiger partial charge in [-0.25, -0.2) is 4.39 Å². The Morgan fingerprint density at radius 1 is 1.07 bits per heavy atom. The molecule has 30 heavy (non-hydrogen) atoms. The van der Waals surface area contributed by atoms with E-state index in [1.165, 1.54) is 24.3 Å². The molecule has 0 aromatic heterocycles. The summed E-state index contributed by atoms with van der Waals surface area (Å²) in [5, 5.41) is 2.23. The number of amides is 1. The lowest BCUT2D eigenvalue weighted by Crippen LogP contribution is -2.25. The smallest absolute Gasteiger partial charge is 0.310 e. The van der Waals surface area contributed by atoms with Gasteiger partial charge in [-0.2, -0.15) is 0 Å². The standard InChI is InChI=1S/C20H19F6NO2S/c1-4-20(2,3)29-18-11-5-14(13-17(18)21)6-12-19(28)27-15-7-9-16(10-8-15)30(22,23,24,25)26/h4-13H,1H2,2-3H3,(H,27,28). The first-order valence-corrected chi connectivity index (χ1v) is 10.4. The Morgan fingerprint density at radius 2 is 1.67 bits per heavy atom. The van der Waals surface area contributed by atoms with Crippen LogP contribution in [0, 0.1) is 5.82 Å². The maximum atomic E-state index is 14.1. The highest BCUT2D eigenvalue weighted by atomic mass is 32.5. The van der Waals surface area contributed by atoms with Crippen LogP contribution in [0.4, 0.5) is 29.5 Å². The third-order valence-electron chi connectivity index (χ3n) is 3.81. The number of hydrogen-bond donors (Lipinski definition) is 1. The normalized spacial score (nSPS) is 14.7. The van der Waals surface area contributed by atoms with Gasteiger partial charge in [0.25, 0.3) is 0 Å². The fourth-order valence-electron chi connectivity index (χ4n) is 2.18. The van der Waals surface area contributed by atoms with Gasteiger partial charge in [0.05, 0.1) is 0 Å². The third kappa shape index (κ3) is 6.58. The van der Waals surface area contributed by atoms with Crippen LogP contribution in [-0.4, -0.2) is 11.5 Å². The summed E-state index contributed by atoms with van der Waals surface area (Å²) in [5.74, 6) is -1.42. The van der Waals surface area contributed by atoms with E-state index >= 15 is 0 Å². The molecule has 10 heteroatoms. The molecular formula is C20H19F6NO2S. The lowest BCUT2D eigenvalue weighted by Gasteiger charge is -2.40. The van der Waals surface area contributed by atoms with E-state index in [4.69, 9.17) is 4.74 Å². The molecule has 0 atom stereocenters. The van der Waals surface area contributed by atoms with Gasteiger partial charge in [0.15, 0.2) is 11.6 Å². The number of hydrogen-bond acceptors (Lipinski definition) is 2. The molecule has 164 valence electrons. The quantitative estimate of drug-likeness (QED) is 0.269. The molecule has 0 bridgehead atoms. The van der Waals surface area contributed by atoms with Crippen molar-refractivity contribution in [3.8, 4) is 5.75 Å². The molecule has 3 nitrogen and oxygen atoms in total. The zero-order valence-electron chi connectivity index (χ0n) is 16.0. The van der Waals surface area contributed by atoms with Gasteiger partial charge in [0.1, 0.15) is 10.5 Å². The average Bonchev–Trinajstić information content (AvgIpc) is 2.60. The lowest BCUT2D eigenvalue weighted by molar-refractivity contribution is -0.111. The minimum Gasteiger partial charge on any atom is -0.481 e. The number of benzene rings is 2. The van der Waals surface area contributed by atoms with Crippen molar-refractivity contribution in [1.29, 1.82) is 0 Å². The Balaban J connectivity index is 2.06. The largest absolute Gasteiger partial charge is 0.481 e. The molecule has 0 heterocycles. The minimum atomic E-state index is -9.77. The fraction of sp³-hybridized carbons (Fsp3) is 0.150. The molecule has 0 fully saturated rings. The van der Waals surface area contributed by atoms with E-state index in [1.807, 2.05) is 0 Å². The summed E-state index contributed by atoms with van der Waals surface area (Å²) in [6.45, 7) is 6.98. The van der Waals surface area contributed by atoms with Crippen molar-refractivity contribution in [2.75, 3.05) is 5.32 Å². The molecular weight excluding hydrogens is 432 g/mol. The summed E-state index contributed by atoms with van der Waals surface area (Å²) in [4.78, 5) is 9.83. The number of carbonyl (C=O) groups is 1. The van der Waals surface area contributed by atoms with Crippen molar-refractivity contribution in [1.82, 2.24) is 0 Å². The van der Waals surface area contributed by atoms with Crippen LogP contribution in [0.2, 0.25) is 0 Å². The van der Waals surface area contributed by atoms with E-state index in [0.717, 1.165) is 12.1 Å². The second kappa shape index (κ2) is 7.12. The first-order chi connectivity index (χ1) is 13.5. The van der Waals surface area contributed by atoms with Crippen LogP contribution < -0.4 is 10.1 Å². The molecule has 0 aliphatic heterocycles. The second-order valence-electron chi connectivity index (χ2n) is 6.92. The average molecular weight is 451 g/mol. The van der Waals surface area contributed by atoms with Crippen LogP contribution in [0.5, 0.6) is 5.75 Å². The van der Waals surface area contributed by atoms with E-state index in [2.05, 4.69) is 11.9 Å². The Kier molecular flexibility index (Phi) is 5.55. The summed E-state index contributed by atoms with van der Waals surface area (Å²) in [7, 11) is -9.77. The zero-order chi connectivity index (χ0) is 22.9. The number of rotatable bonds is 7. The number of nitrogens with one attached hydrogen (secondary N) is 1. The molecule has 0 unspecified atom stereocenters. The summed E-state index contributed by atoms with van der Waals surface area (Å²) < 4.78 is 83.0. The third-order valence-corrected chi connectivity index (χ3v) is 4.98. The zero-order valence-corrected chi connectivity index (χ0v) is 16.8. The monoisotopic (exact) mass is 451 g/mol. The van der Waals surface area contributed by atoms with E-state index in [1.54, 1.807) is 13.8 Å². The summed E-state index contributed by atoms with van der Waals surface area (Å²) in [5.41, 5.74) is -0.578. The minimum absolute atomic E-state index is 0.00876. The van der Waals surface area contributed by atoms with Crippen molar-refractivity contribution in [2.45, 2.75) is 24.3 Å². The highest BCUT2D eigenvalue weighted by molar-refractivity contribution is 8.45. The lowest BCUT2D eigenvalue weighted by atomic mass is 10.1. The van der Waals surface area contributed by atoms with Crippen molar-refractivity contribution in [3.63, 3.8) is 0 Å². The first kappa shape index (κ1) is 23.4. The SMILES string of the molecule is C=CC(C)(C)Oc1ccc(C=CC(=O)Nc2ccc(S(F)(F)(F)(F)F)cc2)cc1F. The molecule has 0 aliphatic carbocycles. The summed E-state index contributed by atoms with van der Waals surface area (Å²) in [6, 6.07) is 5.81. The van der Waals surface area contributed by atoms with E-state index in [0.29, 0.717) is 17.7 Å². The van der Waals surface area contributed by atoms with Crippen LogP contribution in [0.3, 0.4) is 0 Å². The second-order valence-corrected chi connectivity index (χ2v) is 9.32. The van der Waals surface area contributed by atoms with Gasteiger partial charge in [-0.05, 0) is 68.0 Å². The van der Waals surface area contributed by atoms with E-state index in [-0.39, 0.29) is 23.6 Å². The van der Waals surface area contributed by atoms with Crippen molar-refractivity contribution < 1.29 is 33.4 Å². The molecule has 1 amide bonds. The highest BCUT2D eigenvalue weighted by Crippen LogP contribution is 3.02. The van der Waals surface area contributed by atoms with Gasteiger partial charge in [-0.15, -0.1) is 0 Å². The van der Waals surface area contributed by atoms with Crippen molar-refractivity contribution in [3.05, 3.63) is 72.6 Å². The molecule has 2 aromatic carbocycles. The molecule has 2 rings (SSSR count). The predicted molar refractivity (Wildman–Crippen MR) is 107 cm³/mol. The van der Waals surface area contributed by atoms with Crippen molar-refractivity contribution in [2.24, 2.45) is 0 Å². The Morgan fingerprint density at radius 3 is 2.17 bits per heavy atom. The van der Waals surface area contributed by atoms with Gasteiger partial charge in [-0.3, -0.25) is 4.79 Å². The highest BCUT2D eigenvalue weighted by Gasteiger charge is 2.65. The molecule has 0 spiro atoms. The molecule has 0 saturated carbocycles. The maximum Gasteiger partial charge on any atom is 0.310 e. The Hall–Kier alpha value is -2.88. The number of anilines is 1.